The summed E-state index contributed by atoms with van der Waals surface area (Å²) < 4.78 is 0. The first-order valence-electron chi connectivity index (χ1n) is 8.40. The maximum absolute atomic E-state index is 12.3. The maximum Gasteiger partial charge on any atom is 0.226 e. The minimum absolute atomic E-state index is 0.0522. The molecule has 5 nitrogen and oxygen atoms in total. The Labute approximate surface area is 137 Å². The van der Waals surface area contributed by atoms with E-state index in [0.29, 0.717) is 11.8 Å². The van der Waals surface area contributed by atoms with Crippen molar-refractivity contribution in [2.24, 2.45) is 11.8 Å². The molecule has 0 spiro atoms. The fourth-order valence-corrected chi connectivity index (χ4v) is 3.24. The smallest absolute Gasteiger partial charge is 0.226 e. The standard InChI is InChI=1S/C18H25N3O2/c1-13-10-17(13)18(23)21-8-6-20(7-9-21)12-15-4-3-5-16(11-15)19-14(2)22/h3-5,11,13,17H,6-10,12H2,1-2H3,(H,19,22)/t13-,17-/m1/s1. The molecule has 1 aromatic carbocycles. The highest BCUT2D eigenvalue weighted by Crippen LogP contribution is 2.39. The first kappa shape index (κ1) is 16.0. The van der Waals surface area contributed by atoms with Gasteiger partial charge in [-0.15, -0.1) is 0 Å². The molecule has 1 N–H and O–H groups in total. The first-order chi connectivity index (χ1) is 11.0. The van der Waals surface area contributed by atoms with Crippen molar-refractivity contribution in [3.05, 3.63) is 29.8 Å². The number of anilines is 1. The van der Waals surface area contributed by atoms with E-state index in [9.17, 15) is 9.59 Å². The van der Waals surface area contributed by atoms with E-state index in [4.69, 9.17) is 0 Å². The summed E-state index contributed by atoms with van der Waals surface area (Å²) in [6, 6.07) is 7.96. The first-order valence-corrected chi connectivity index (χ1v) is 8.40. The zero-order valence-corrected chi connectivity index (χ0v) is 13.9. The van der Waals surface area contributed by atoms with Crippen LogP contribution in [0, 0.1) is 11.8 Å². The largest absolute Gasteiger partial charge is 0.340 e. The van der Waals surface area contributed by atoms with Crippen LogP contribution in [0.15, 0.2) is 24.3 Å². The molecule has 2 amide bonds. The Morgan fingerprint density at radius 2 is 1.91 bits per heavy atom. The van der Waals surface area contributed by atoms with Gasteiger partial charge >= 0.3 is 0 Å². The van der Waals surface area contributed by atoms with Crippen LogP contribution in [0.25, 0.3) is 0 Å². The summed E-state index contributed by atoms with van der Waals surface area (Å²) in [5, 5.41) is 2.82. The number of nitrogens with one attached hydrogen (secondary N) is 1. The van der Waals surface area contributed by atoms with Crippen LogP contribution in [0.2, 0.25) is 0 Å². The molecular formula is C18H25N3O2. The fourth-order valence-electron chi connectivity index (χ4n) is 3.24. The lowest BCUT2D eigenvalue weighted by molar-refractivity contribution is -0.134. The monoisotopic (exact) mass is 315 g/mol. The molecule has 5 heteroatoms. The Morgan fingerprint density at radius 1 is 1.22 bits per heavy atom. The molecule has 23 heavy (non-hydrogen) atoms. The van der Waals surface area contributed by atoms with Crippen molar-refractivity contribution in [1.82, 2.24) is 9.80 Å². The molecule has 2 aliphatic rings. The molecule has 0 radical (unpaired) electrons. The molecule has 1 aliphatic heterocycles. The van der Waals surface area contributed by atoms with Crippen molar-refractivity contribution in [2.45, 2.75) is 26.8 Å². The predicted octanol–water partition coefficient (Wildman–Crippen LogP) is 1.95. The summed E-state index contributed by atoms with van der Waals surface area (Å²) in [7, 11) is 0. The minimum Gasteiger partial charge on any atom is -0.340 e. The van der Waals surface area contributed by atoms with Crippen LogP contribution < -0.4 is 5.32 Å². The summed E-state index contributed by atoms with van der Waals surface area (Å²) in [5.41, 5.74) is 2.03. The highest BCUT2D eigenvalue weighted by molar-refractivity contribution is 5.88. The van der Waals surface area contributed by atoms with E-state index >= 15 is 0 Å². The number of nitrogens with zero attached hydrogens (tertiary/aromatic N) is 2. The van der Waals surface area contributed by atoms with Crippen molar-refractivity contribution in [1.29, 1.82) is 0 Å². The molecule has 1 aliphatic carbocycles. The number of hydrogen-bond donors (Lipinski definition) is 1. The van der Waals surface area contributed by atoms with Crippen molar-refractivity contribution in [3.8, 4) is 0 Å². The Kier molecular flexibility index (Phi) is 4.66. The van der Waals surface area contributed by atoms with Gasteiger partial charge in [-0.1, -0.05) is 19.1 Å². The van der Waals surface area contributed by atoms with E-state index in [1.165, 1.54) is 12.5 Å². The van der Waals surface area contributed by atoms with Crippen LogP contribution in [0.3, 0.4) is 0 Å². The SMILES string of the molecule is CC(=O)Nc1cccc(CN2CCN(C(=O)[C@@H]3C[C@H]3C)CC2)c1. The molecule has 2 atom stereocenters. The Hall–Kier alpha value is -1.88. The average molecular weight is 315 g/mol. The minimum atomic E-state index is -0.0522. The van der Waals surface area contributed by atoms with Gasteiger partial charge in [-0.2, -0.15) is 0 Å². The van der Waals surface area contributed by atoms with Crippen molar-refractivity contribution >= 4 is 17.5 Å². The van der Waals surface area contributed by atoms with Gasteiger partial charge in [-0.3, -0.25) is 14.5 Å². The lowest BCUT2D eigenvalue weighted by Gasteiger charge is -2.35. The number of hydrogen-bond acceptors (Lipinski definition) is 3. The summed E-state index contributed by atoms with van der Waals surface area (Å²) in [6.45, 7) is 8.01. The van der Waals surface area contributed by atoms with Gasteiger partial charge in [0.05, 0.1) is 0 Å². The second-order valence-corrected chi connectivity index (χ2v) is 6.80. The number of carbonyl (C=O) groups is 2. The lowest BCUT2D eigenvalue weighted by atomic mass is 10.1. The van der Waals surface area contributed by atoms with E-state index in [1.54, 1.807) is 0 Å². The van der Waals surface area contributed by atoms with Gasteiger partial charge in [-0.25, -0.2) is 0 Å². The zero-order valence-electron chi connectivity index (χ0n) is 13.9. The van der Waals surface area contributed by atoms with Crippen LogP contribution in [-0.2, 0) is 16.1 Å². The number of piperazine rings is 1. The quantitative estimate of drug-likeness (QED) is 0.924. The van der Waals surface area contributed by atoms with E-state index in [0.717, 1.165) is 44.8 Å². The third kappa shape index (κ3) is 4.10. The third-order valence-corrected chi connectivity index (χ3v) is 4.76. The summed E-state index contributed by atoms with van der Waals surface area (Å²) in [5.74, 6) is 1.17. The summed E-state index contributed by atoms with van der Waals surface area (Å²) in [6.07, 6.45) is 1.06. The second-order valence-electron chi connectivity index (χ2n) is 6.80. The van der Waals surface area contributed by atoms with Crippen LogP contribution in [0.1, 0.15) is 25.8 Å². The van der Waals surface area contributed by atoms with Gasteiger partial charge in [-0.05, 0) is 30.0 Å². The van der Waals surface area contributed by atoms with E-state index in [-0.39, 0.29) is 11.8 Å². The van der Waals surface area contributed by atoms with Gasteiger partial charge in [0.25, 0.3) is 0 Å². The molecule has 0 aromatic heterocycles. The Balaban J connectivity index is 1.50. The van der Waals surface area contributed by atoms with Crippen LogP contribution >= 0.6 is 0 Å². The molecule has 124 valence electrons. The highest BCUT2D eigenvalue weighted by Gasteiger charge is 2.41. The van der Waals surface area contributed by atoms with Gasteiger partial charge in [0, 0.05) is 51.3 Å². The van der Waals surface area contributed by atoms with Crippen molar-refractivity contribution < 1.29 is 9.59 Å². The normalized spacial score (nSPS) is 24.3. The number of carbonyl (C=O) groups excluding carboxylic acids is 2. The predicted molar refractivity (Wildman–Crippen MR) is 89.9 cm³/mol. The van der Waals surface area contributed by atoms with E-state index < -0.39 is 0 Å². The highest BCUT2D eigenvalue weighted by atomic mass is 16.2. The van der Waals surface area contributed by atoms with Gasteiger partial charge in [0.15, 0.2) is 0 Å². The molecule has 1 aromatic rings. The molecule has 0 unspecified atom stereocenters. The third-order valence-electron chi connectivity index (χ3n) is 4.76. The molecular weight excluding hydrogens is 290 g/mol. The number of benzene rings is 1. The average Bonchev–Trinajstić information content (AvgIpc) is 3.24. The summed E-state index contributed by atoms with van der Waals surface area (Å²) in [4.78, 5) is 27.8. The van der Waals surface area contributed by atoms with Gasteiger partial charge in [0.2, 0.25) is 11.8 Å². The fraction of sp³-hybridized carbons (Fsp3) is 0.556. The number of rotatable bonds is 4. The number of amides is 2. The van der Waals surface area contributed by atoms with E-state index in [1.807, 2.05) is 23.1 Å². The van der Waals surface area contributed by atoms with E-state index in [2.05, 4.69) is 23.2 Å². The Bertz CT molecular complexity index is 594. The molecule has 3 rings (SSSR count). The zero-order chi connectivity index (χ0) is 16.4. The van der Waals surface area contributed by atoms with Crippen molar-refractivity contribution in [2.75, 3.05) is 31.5 Å². The molecule has 1 saturated heterocycles. The maximum atomic E-state index is 12.3. The summed E-state index contributed by atoms with van der Waals surface area (Å²) >= 11 is 0. The van der Waals surface area contributed by atoms with Crippen molar-refractivity contribution in [3.63, 3.8) is 0 Å². The molecule has 0 bridgehead atoms. The second kappa shape index (κ2) is 6.71. The lowest BCUT2D eigenvalue weighted by Crippen LogP contribution is -2.48. The van der Waals surface area contributed by atoms with Crippen LogP contribution in [0.4, 0.5) is 5.69 Å². The topological polar surface area (TPSA) is 52.7 Å². The Morgan fingerprint density at radius 3 is 2.52 bits per heavy atom. The molecule has 2 fully saturated rings. The molecule has 1 saturated carbocycles. The molecule has 1 heterocycles. The van der Waals surface area contributed by atoms with Crippen LogP contribution in [0.5, 0.6) is 0 Å². The van der Waals surface area contributed by atoms with Gasteiger partial charge in [0.1, 0.15) is 0 Å². The van der Waals surface area contributed by atoms with Crippen LogP contribution in [-0.4, -0.2) is 47.8 Å². The van der Waals surface area contributed by atoms with Gasteiger partial charge < -0.3 is 10.2 Å².